The first-order chi connectivity index (χ1) is 9.34. The molecule has 0 saturated carbocycles. The largest absolute Gasteiger partial charge is 0.397 e. The van der Waals surface area contributed by atoms with Crippen LogP contribution in [-0.2, 0) is 6.42 Å². The number of nitrogen functional groups attached to an aromatic ring is 1. The maximum atomic E-state index is 5.93. The van der Waals surface area contributed by atoms with Crippen molar-refractivity contribution >= 4 is 33.6 Å². The molecule has 0 bridgehead atoms. The molecule has 0 spiro atoms. The first-order valence-corrected chi connectivity index (χ1v) is 6.98. The third kappa shape index (κ3) is 2.51. The van der Waals surface area contributed by atoms with Crippen LogP contribution in [0.15, 0.2) is 42.0 Å². The molecule has 0 aliphatic carbocycles. The number of nitrogens with zero attached hydrogens (tertiary/aromatic N) is 2. The lowest BCUT2D eigenvalue weighted by Crippen LogP contribution is -2.05. The third-order valence-electron chi connectivity index (χ3n) is 2.94. The van der Waals surface area contributed by atoms with E-state index in [0.29, 0.717) is 5.69 Å². The highest BCUT2D eigenvalue weighted by Gasteiger charge is 2.04. The highest BCUT2D eigenvalue weighted by molar-refractivity contribution is 7.09. The first kappa shape index (κ1) is 11.9. The van der Waals surface area contributed by atoms with Crippen LogP contribution in [0.25, 0.3) is 10.9 Å². The fourth-order valence-electron chi connectivity index (χ4n) is 2.03. The second-order valence-corrected chi connectivity index (χ2v) is 5.18. The molecule has 3 rings (SSSR count). The van der Waals surface area contributed by atoms with Gasteiger partial charge in [0.25, 0.3) is 0 Å². The third-order valence-corrected chi connectivity index (χ3v) is 3.78. The van der Waals surface area contributed by atoms with Crippen LogP contribution in [-0.4, -0.2) is 16.5 Å². The summed E-state index contributed by atoms with van der Waals surface area (Å²) in [6, 6.07) is 7.85. The number of aromatic nitrogens is 2. The summed E-state index contributed by atoms with van der Waals surface area (Å²) in [7, 11) is 0. The van der Waals surface area contributed by atoms with Crippen LogP contribution < -0.4 is 11.1 Å². The average Bonchev–Trinajstić information content (AvgIpc) is 2.95. The van der Waals surface area contributed by atoms with Crippen LogP contribution in [0, 0.1) is 0 Å². The summed E-state index contributed by atoms with van der Waals surface area (Å²) in [5.41, 5.74) is 8.55. The highest BCUT2D eigenvalue weighted by Crippen LogP contribution is 2.26. The predicted octanol–water partition coefficient (Wildman–Crippen LogP) is 2.93. The molecule has 2 heterocycles. The van der Waals surface area contributed by atoms with E-state index in [1.807, 2.05) is 35.8 Å². The molecule has 0 fully saturated rings. The van der Waals surface area contributed by atoms with Gasteiger partial charge in [0.15, 0.2) is 0 Å². The second kappa shape index (κ2) is 5.24. The van der Waals surface area contributed by atoms with Crippen LogP contribution in [0.4, 0.5) is 11.4 Å². The molecule has 3 aromatic rings. The number of nitrogens with one attached hydrogen (secondary N) is 1. The van der Waals surface area contributed by atoms with Crippen LogP contribution in [0.3, 0.4) is 0 Å². The molecule has 5 heteroatoms. The van der Waals surface area contributed by atoms with Crippen LogP contribution >= 0.6 is 11.3 Å². The van der Waals surface area contributed by atoms with Gasteiger partial charge in [0.2, 0.25) is 0 Å². The average molecular weight is 270 g/mol. The van der Waals surface area contributed by atoms with Crippen molar-refractivity contribution in [2.24, 2.45) is 0 Å². The van der Waals surface area contributed by atoms with E-state index in [2.05, 4.69) is 15.3 Å². The van der Waals surface area contributed by atoms with E-state index in [-0.39, 0.29) is 0 Å². The summed E-state index contributed by atoms with van der Waals surface area (Å²) in [5, 5.41) is 7.62. The van der Waals surface area contributed by atoms with Gasteiger partial charge < -0.3 is 11.1 Å². The maximum absolute atomic E-state index is 5.93. The molecule has 0 radical (unpaired) electrons. The molecular formula is C14H14N4S. The standard InChI is InChI=1S/C14H14N4S/c15-11-3-4-12(10-2-1-6-18-14(10)11)16-7-5-13-17-8-9-19-13/h1-4,6,8-9,16H,5,7,15H2. The smallest absolute Gasteiger partial charge is 0.0951 e. The number of pyridine rings is 1. The number of anilines is 2. The number of hydrogen-bond acceptors (Lipinski definition) is 5. The molecule has 0 atom stereocenters. The van der Waals surface area contributed by atoms with E-state index in [0.717, 1.165) is 34.6 Å². The monoisotopic (exact) mass is 270 g/mol. The molecule has 96 valence electrons. The molecule has 4 nitrogen and oxygen atoms in total. The number of rotatable bonds is 4. The summed E-state index contributed by atoms with van der Waals surface area (Å²) < 4.78 is 0. The molecule has 0 aliphatic heterocycles. The van der Waals surface area contributed by atoms with Gasteiger partial charge in [-0.1, -0.05) is 0 Å². The fraction of sp³-hybridized carbons (Fsp3) is 0.143. The van der Waals surface area contributed by atoms with Crippen LogP contribution in [0.5, 0.6) is 0 Å². The van der Waals surface area contributed by atoms with Crippen molar-refractivity contribution in [3.8, 4) is 0 Å². The van der Waals surface area contributed by atoms with Gasteiger partial charge in [0.1, 0.15) is 0 Å². The fourth-order valence-corrected chi connectivity index (χ4v) is 2.65. The van der Waals surface area contributed by atoms with Gasteiger partial charge >= 0.3 is 0 Å². The Morgan fingerprint density at radius 3 is 2.95 bits per heavy atom. The Kier molecular flexibility index (Phi) is 3.29. The van der Waals surface area contributed by atoms with Gasteiger partial charge in [-0.15, -0.1) is 11.3 Å². The predicted molar refractivity (Wildman–Crippen MR) is 80.5 cm³/mol. The minimum absolute atomic E-state index is 0.709. The van der Waals surface area contributed by atoms with Crippen LogP contribution in [0.2, 0.25) is 0 Å². The van der Waals surface area contributed by atoms with E-state index in [9.17, 15) is 0 Å². The second-order valence-electron chi connectivity index (χ2n) is 4.20. The molecule has 0 aliphatic rings. The van der Waals surface area contributed by atoms with Gasteiger partial charge in [-0.25, -0.2) is 4.98 Å². The Balaban J connectivity index is 1.79. The Labute approximate surface area is 115 Å². The number of benzene rings is 1. The molecule has 2 aromatic heterocycles. The van der Waals surface area contributed by atoms with Gasteiger partial charge in [-0.05, 0) is 24.3 Å². The Bertz CT molecular complexity index is 679. The molecule has 3 N–H and O–H groups in total. The number of nitrogens with two attached hydrogens (primary N) is 1. The molecule has 0 amide bonds. The first-order valence-electron chi connectivity index (χ1n) is 6.10. The minimum atomic E-state index is 0.709. The summed E-state index contributed by atoms with van der Waals surface area (Å²) >= 11 is 1.68. The number of hydrogen-bond donors (Lipinski definition) is 2. The van der Waals surface area contributed by atoms with E-state index in [1.54, 1.807) is 17.5 Å². The quantitative estimate of drug-likeness (QED) is 0.715. The zero-order chi connectivity index (χ0) is 13.1. The molecule has 19 heavy (non-hydrogen) atoms. The van der Waals surface area contributed by atoms with E-state index in [4.69, 9.17) is 5.73 Å². The normalized spacial score (nSPS) is 10.7. The van der Waals surface area contributed by atoms with E-state index >= 15 is 0 Å². The van der Waals surface area contributed by atoms with Gasteiger partial charge in [-0.3, -0.25) is 4.98 Å². The zero-order valence-corrected chi connectivity index (χ0v) is 11.2. The van der Waals surface area contributed by atoms with Gasteiger partial charge in [-0.2, -0.15) is 0 Å². The van der Waals surface area contributed by atoms with Crippen molar-refractivity contribution in [1.29, 1.82) is 0 Å². The Hall–Kier alpha value is -2.14. The summed E-state index contributed by atoms with van der Waals surface area (Å²) in [6.45, 7) is 0.849. The van der Waals surface area contributed by atoms with Crippen molar-refractivity contribution in [2.45, 2.75) is 6.42 Å². The SMILES string of the molecule is Nc1ccc(NCCc2nccs2)c2cccnc12. The number of fused-ring (bicyclic) bond motifs is 1. The van der Waals surface area contributed by atoms with Crippen molar-refractivity contribution < 1.29 is 0 Å². The summed E-state index contributed by atoms with van der Waals surface area (Å²) in [5.74, 6) is 0. The van der Waals surface area contributed by atoms with E-state index < -0.39 is 0 Å². The molecule has 0 unspecified atom stereocenters. The molecular weight excluding hydrogens is 256 g/mol. The lowest BCUT2D eigenvalue weighted by molar-refractivity contribution is 1.000. The van der Waals surface area contributed by atoms with Crippen molar-refractivity contribution in [2.75, 3.05) is 17.6 Å². The highest BCUT2D eigenvalue weighted by atomic mass is 32.1. The zero-order valence-electron chi connectivity index (χ0n) is 10.3. The Morgan fingerprint density at radius 1 is 1.16 bits per heavy atom. The minimum Gasteiger partial charge on any atom is -0.397 e. The summed E-state index contributed by atoms with van der Waals surface area (Å²) in [4.78, 5) is 8.59. The summed E-state index contributed by atoms with van der Waals surface area (Å²) in [6.07, 6.45) is 4.52. The lowest BCUT2D eigenvalue weighted by atomic mass is 10.1. The van der Waals surface area contributed by atoms with Gasteiger partial charge in [0.05, 0.1) is 16.2 Å². The topological polar surface area (TPSA) is 63.8 Å². The Morgan fingerprint density at radius 2 is 2.11 bits per heavy atom. The van der Waals surface area contributed by atoms with Gasteiger partial charge in [0, 0.05) is 41.8 Å². The number of thiazole rings is 1. The van der Waals surface area contributed by atoms with Crippen LogP contribution in [0.1, 0.15) is 5.01 Å². The molecule has 0 saturated heterocycles. The van der Waals surface area contributed by atoms with Crippen molar-refractivity contribution in [3.05, 3.63) is 47.0 Å². The maximum Gasteiger partial charge on any atom is 0.0951 e. The van der Waals surface area contributed by atoms with Crippen molar-refractivity contribution in [1.82, 2.24) is 9.97 Å². The van der Waals surface area contributed by atoms with E-state index in [1.165, 1.54) is 0 Å². The van der Waals surface area contributed by atoms with Crippen molar-refractivity contribution in [3.63, 3.8) is 0 Å². The molecule has 1 aromatic carbocycles. The lowest BCUT2D eigenvalue weighted by Gasteiger charge is -2.10.